The fourth-order valence-corrected chi connectivity index (χ4v) is 2.72. The second kappa shape index (κ2) is 5.72. The summed E-state index contributed by atoms with van der Waals surface area (Å²) in [4.78, 5) is 28.2. The Labute approximate surface area is 135 Å². The van der Waals surface area contributed by atoms with Gasteiger partial charge in [0.25, 0.3) is 0 Å². The number of ether oxygens (including phenoxy) is 1. The van der Waals surface area contributed by atoms with Gasteiger partial charge in [0.1, 0.15) is 5.60 Å². The number of anilines is 1. The number of imidazole rings is 1. The van der Waals surface area contributed by atoms with Gasteiger partial charge in [-0.2, -0.15) is 4.98 Å². The highest BCUT2D eigenvalue weighted by Crippen LogP contribution is 2.20. The number of amides is 1. The molecule has 124 valence electrons. The normalized spacial score (nSPS) is 19.2. The van der Waals surface area contributed by atoms with Gasteiger partial charge < -0.3 is 19.5 Å². The van der Waals surface area contributed by atoms with Gasteiger partial charge in [-0.15, -0.1) is 0 Å². The van der Waals surface area contributed by atoms with Crippen LogP contribution in [0, 0.1) is 0 Å². The monoisotopic (exact) mass is 317 g/mol. The van der Waals surface area contributed by atoms with Crippen molar-refractivity contribution in [3.8, 4) is 0 Å². The second-order valence-corrected chi connectivity index (χ2v) is 6.90. The van der Waals surface area contributed by atoms with E-state index in [9.17, 15) is 4.79 Å². The third kappa shape index (κ3) is 3.38. The number of piperazine rings is 1. The molecule has 7 nitrogen and oxygen atoms in total. The highest BCUT2D eigenvalue weighted by atomic mass is 16.6. The highest BCUT2D eigenvalue weighted by molar-refractivity contribution is 5.73. The third-order valence-corrected chi connectivity index (χ3v) is 3.80. The number of pyridine rings is 1. The SMILES string of the molecule is C[C@H]1CN(c2nc3ncccc3[nH]2)CCN1C(=O)OC(C)(C)C. The van der Waals surface area contributed by atoms with Gasteiger partial charge in [0.15, 0.2) is 5.65 Å². The van der Waals surface area contributed by atoms with Crippen LogP contribution in [0.15, 0.2) is 18.3 Å². The van der Waals surface area contributed by atoms with Crippen LogP contribution in [0.5, 0.6) is 0 Å². The van der Waals surface area contributed by atoms with Gasteiger partial charge in [-0.25, -0.2) is 9.78 Å². The van der Waals surface area contributed by atoms with Gasteiger partial charge in [0.2, 0.25) is 5.95 Å². The van der Waals surface area contributed by atoms with Gasteiger partial charge in [0.05, 0.1) is 5.52 Å². The molecular formula is C16H23N5O2. The molecule has 1 aliphatic heterocycles. The van der Waals surface area contributed by atoms with E-state index < -0.39 is 5.60 Å². The Balaban J connectivity index is 1.69. The minimum atomic E-state index is -0.474. The number of aromatic nitrogens is 3. The predicted molar refractivity (Wildman–Crippen MR) is 88.5 cm³/mol. The summed E-state index contributed by atoms with van der Waals surface area (Å²) in [5, 5.41) is 0. The van der Waals surface area contributed by atoms with Crippen LogP contribution >= 0.6 is 0 Å². The summed E-state index contributed by atoms with van der Waals surface area (Å²) in [6, 6.07) is 3.90. The largest absolute Gasteiger partial charge is 0.444 e. The van der Waals surface area contributed by atoms with Crippen molar-refractivity contribution in [2.75, 3.05) is 24.5 Å². The van der Waals surface area contributed by atoms with Crippen LogP contribution in [0.25, 0.3) is 11.2 Å². The van der Waals surface area contributed by atoms with Crippen molar-refractivity contribution in [1.82, 2.24) is 19.9 Å². The van der Waals surface area contributed by atoms with Crippen LogP contribution < -0.4 is 4.90 Å². The second-order valence-electron chi connectivity index (χ2n) is 6.90. The lowest BCUT2D eigenvalue weighted by Gasteiger charge is -2.40. The zero-order valence-electron chi connectivity index (χ0n) is 14.0. The Bertz CT molecular complexity index is 673. The van der Waals surface area contributed by atoms with E-state index in [2.05, 4.69) is 19.9 Å². The molecule has 0 unspecified atom stereocenters. The molecule has 0 radical (unpaired) electrons. The van der Waals surface area contributed by atoms with Crippen LogP contribution in [0.3, 0.4) is 0 Å². The molecule has 0 bridgehead atoms. The third-order valence-electron chi connectivity index (χ3n) is 3.80. The van der Waals surface area contributed by atoms with E-state index in [4.69, 9.17) is 4.74 Å². The molecule has 3 heterocycles. The molecule has 1 aliphatic rings. The summed E-state index contributed by atoms with van der Waals surface area (Å²) in [7, 11) is 0. The maximum Gasteiger partial charge on any atom is 0.410 e. The lowest BCUT2D eigenvalue weighted by Crippen LogP contribution is -2.55. The first-order chi connectivity index (χ1) is 10.8. The molecule has 1 saturated heterocycles. The first-order valence-corrected chi connectivity index (χ1v) is 7.89. The Kier molecular flexibility index (Phi) is 3.87. The van der Waals surface area contributed by atoms with E-state index in [0.29, 0.717) is 25.3 Å². The quantitative estimate of drug-likeness (QED) is 0.874. The van der Waals surface area contributed by atoms with Crippen molar-refractivity contribution in [3.63, 3.8) is 0 Å². The molecule has 2 aromatic heterocycles. The summed E-state index contributed by atoms with van der Waals surface area (Å²) < 4.78 is 5.47. The zero-order valence-corrected chi connectivity index (χ0v) is 14.0. The summed E-state index contributed by atoms with van der Waals surface area (Å²) in [5.41, 5.74) is 1.16. The number of fused-ring (bicyclic) bond motifs is 1. The van der Waals surface area contributed by atoms with Crippen LogP contribution in [0.1, 0.15) is 27.7 Å². The number of hydrogen-bond donors (Lipinski definition) is 1. The van der Waals surface area contributed by atoms with Crippen LogP contribution in [-0.2, 0) is 4.74 Å². The Morgan fingerprint density at radius 2 is 2.17 bits per heavy atom. The van der Waals surface area contributed by atoms with Crippen molar-refractivity contribution < 1.29 is 9.53 Å². The summed E-state index contributed by atoms with van der Waals surface area (Å²) in [6.45, 7) is 9.70. The maximum atomic E-state index is 12.3. The number of carbonyl (C=O) groups excluding carboxylic acids is 1. The van der Waals surface area contributed by atoms with Crippen molar-refractivity contribution in [1.29, 1.82) is 0 Å². The number of rotatable bonds is 1. The van der Waals surface area contributed by atoms with E-state index in [-0.39, 0.29) is 12.1 Å². The summed E-state index contributed by atoms with van der Waals surface area (Å²) in [6.07, 6.45) is 1.48. The van der Waals surface area contributed by atoms with Crippen LogP contribution in [0.4, 0.5) is 10.7 Å². The number of nitrogens with one attached hydrogen (secondary N) is 1. The van der Waals surface area contributed by atoms with E-state index >= 15 is 0 Å². The van der Waals surface area contributed by atoms with Crippen molar-refractivity contribution in [3.05, 3.63) is 18.3 Å². The fourth-order valence-electron chi connectivity index (χ4n) is 2.72. The zero-order chi connectivity index (χ0) is 16.6. The molecule has 3 rings (SSSR count). The van der Waals surface area contributed by atoms with E-state index in [1.165, 1.54) is 0 Å². The smallest absolute Gasteiger partial charge is 0.410 e. The molecule has 1 N–H and O–H groups in total. The molecule has 23 heavy (non-hydrogen) atoms. The molecule has 0 spiro atoms. The summed E-state index contributed by atoms with van der Waals surface area (Å²) in [5.74, 6) is 0.800. The lowest BCUT2D eigenvalue weighted by molar-refractivity contribution is 0.0158. The topological polar surface area (TPSA) is 74.4 Å². The predicted octanol–water partition coefficient (Wildman–Crippen LogP) is 2.40. The molecule has 2 aromatic rings. The average Bonchev–Trinajstić information content (AvgIpc) is 2.89. The molecular weight excluding hydrogens is 294 g/mol. The van der Waals surface area contributed by atoms with E-state index in [0.717, 1.165) is 11.5 Å². The Hall–Kier alpha value is -2.31. The molecule has 0 aliphatic carbocycles. The molecule has 1 amide bonds. The number of aromatic amines is 1. The Morgan fingerprint density at radius 1 is 1.39 bits per heavy atom. The molecule has 1 atom stereocenters. The first-order valence-electron chi connectivity index (χ1n) is 7.89. The molecule has 0 aromatic carbocycles. The fraction of sp³-hybridized carbons (Fsp3) is 0.562. The average molecular weight is 317 g/mol. The first kappa shape index (κ1) is 15.6. The standard InChI is InChI=1S/C16H23N5O2/c1-11-10-20(8-9-21(11)15(22)23-16(2,3)4)14-18-12-6-5-7-17-13(12)19-14/h5-7,11H,8-10H2,1-4H3,(H,17,18,19)/t11-/m0/s1. The Morgan fingerprint density at radius 3 is 2.83 bits per heavy atom. The minimum absolute atomic E-state index is 0.0553. The lowest BCUT2D eigenvalue weighted by atomic mass is 10.2. The minimum Gasteiger partial charge on any atom is -0.444 e. The van der Waals surface area contributed by atoms with Crippen molar-refractivity contribution in [2.45, 2.75) is 39.3 Å². The number of carbonyl (C=O) groups is 1. The number of hydrogen-bond acceptors (Lipinski definition) is 5. The molecule has 7 heteroatoms. The van der Waals surface area contributed by atoms with Gasteiger partial charge >= 0.3 is 6.09 Å². The van der Waals surface area contributed by atoms with Gasteiger partial charge in [-0.05, 0) is 39.8 Å². The van der Waals surface area contributed by atoms with Gasteiger partial charge in [-0.1, -0.05) is 0 Å². The number of H-pyrrole nitrogens is 1. The van der Waals surface area contributed by atoms with Gasteiger partial charge in [-0.3, -0.25) is 0 Å². The molecule has 0 saturated carbocycles. The molecule has 1 fully saturated rings. The van der Waals surface area contributed by atoms with Crippen LogP contribution in [-0.4, -0.2) is 57.2 Å². The van der Waals surface area contributed by atoms with E-state index in [1.54, 1.807) is 11.1 Å². The maximum absolute atomic E-state index is 12.3. The number of nitrogens with zero attached hydrogens (tertiary/aromatic N) is 4. The van der Waals surface area contributed by atoms with Crippen molar-refractivity contribution >= 4 is 23.2 Å². The van der Waals surface area contributed by atoms with Crippen molar-refractivity contribution in [2.24, 2.45) is 0 Å². The summed E-state index contributed by atoms with van der Waals surface area (Å²) >= 11 is 0. The van der Waals surface area contributed by atoms with Crippen LogP contribution in [0.2, 0.25) is 0 Å². The van der Waals surface area contributed by atoms with E-state index in [1.807, 2.05) is 39.8 Å². The highest BCUT2D eigenvalue weighted by Gasteiger charge is 2.31. The van der Waals surface area contributed by atoms with Gasteiger partial charge in [0, 0.05) is 31.9 Å².